The lowest BCUT2D eigenvalue weighted by Crippen LogP contribution is -2.22. The van der Waals surface area contributed by atoms with Gasteiger partial charge in [-0.3, -0.25) is 0 Å². The van der Waals surface area contributed by atoms with Gasteiger partial charge in [-0.1, -0.05) is 13.3 Å². The second-order valence-electron chi connectivity index (χ2n) is 3.44. The first-order chi connectivity index (χ1) is 7.13. The fraction of sp³-hybridized carbons (Fsp3) is 0.455. The molecule has 0 bridgehead atoms. The Kier molecular flexibility index (Phi) is 5.05. The molecule has 0 spiro atoms. The normalized spacial score (nSPS) is 12.8. The highest BCUT2D eigenvalue weighted by Crippen LogP contribution is 2.21. The summed E-state index contributed by atoms with van der Waals surface area (Å²) in [6, 6.07) is 4.04. The average Bonchev–Trinajstić information content (AvgIpc) is 2.20. The molecule has 2 N–H and O–H groups in total. The first kappa shape index (κ1) is 12.5. The lowest BCUT2D eigenvalue weighted by molar-refractivity contribution is 0.506. The summed E-state index contributed by atoms with van der Waals surface area (Å²) >= 11 is 1.46. The number of halogens is 2. The Morgan fingerprint density at radius 2 is 2.07 bits per heavy atom. The molecule has 1 rings (SSSR count). The van der Waals surface area contributed by atoms with Crippen LogP contribution in [0.2, 0.25) is 0 Å². The zero-order valence-corrected chi connectivity index (χ0v) is 9.49. The van der Waals surface area contributed by atoms with E-state index >= 15 is 0 Å². The maximum absolute atomic E-state index is 12.8. The Bertz CT molecular complexity index is 317. The fourth-order valence-electron chi connectivity index (χ4n) is 1.22. The molecule has 0 aliphatic heterocycles. The molecule has 1 atom stereocenters. The van der Waals surface area contributed by atoms with Crippen LogP contribution in [0.1, 0.15) is 19.8 Å². The zero-order chi connectivity index (χ0) is 11.3. The van der Waals surface area contributed by atoms with E-state index in [1.165, 1.54) is 17.8 Å². The van der Waals surface area contributed by atoms with Crippen molar-refractivity contribution in [3.63, 3.8) is 0 Å². The summed E-state index contributed by atoms with van der Waals surface area (Å²) in [6.07, 6.45) is 2.00. The lowest BCUT2D eigenvalue weighted by atomic mass is 10.2. The Labute approximate surface area is 93.1 Å². The van der Waals surface area contributed by atoms with E-state index in [1.54, 1.807) is 6.07 Å². The SMILES string of the molecule is CCCC(N)CSc1ccc(F)c(F)c1. The van der Waals surface area contributed by atoms with Crippen molar-refractivity contribution in [1.82, 2.24) is 0 Å². The molecule has 15 heavy (non-hydrogen) atoms. The van der Waals surface area contributed by atoms with E-state index in [0.29, 0.717) is 0 Å². The van der Waals surface area contributed by atoms with Crippen LogP contribution in [0.25, 0.3) is 0 Å². The van der Waals surface area contributed by atoms with Crippen molar-refractivity contribution < 1.29 is 8.78 Å². The summed E-state index contributed by atoms with van der Waals surface area (Å²) in [6.45, 7) is 2.07. The molecule has 0 aliphatic carbocycles. The Hall–Kier alpha value is -0.610. The number of thioether (sulfide) groups is 1. The van der Waals surface area contributed by atoms with Crippen LogP contribution in [0.15, 0.2) is 23.1 Å². The predicted molar refractivity (Wildman–Crippen MR) is 60.0 cm³/mol. The molecule has 0 saturated heterocycles. The van der Waals surface area contributed by atoms with Gasteiger partial charge in [-0.2, -0.15) is 0 Å². The first-order valence-corrected chi connectivity index (χ1v) is 5.95. The van der Waals surface area contributed by atoms with E-state index in [4.69, 9.17) is 5.73 Å². The summed E-state index contributed by atoms with van der Waals surface area (Å²) in [5.41, 5.74) is 5.81. The largest absolute Gasteiger partial charge is 0.327 e. The van der Waals surface area contributed by atoms with Crippen molar-refractivity contribution in [2.45, 2.75) is 30.7 Å². The summed E-state index contributed by atoms with van der Waals surface area (Å²) in [5.74, 6) is -0.875. The van der Waals surface area contributed by atoms with Crippen molar-refractivity contribution in [3.05, 3.63) is 29.8 Å². The third-order valence-electron chi connectivity index (χ3n) is 2.01. The van der Waals surface area contributed by atoms with Gasteiger partial charge in [0, 0.05) is 16.7 Å². The van der Waals surface area contributed by atoms with Crippen molar-refractivity contribution in [2.75, 3.05) is 5.75 Å². The standard InChI is InChI=1S/C11H15F2NS/c1-2-3-8(14)7-15-9-4-5-10(12)11(13)6-9/h4-6,8H,2-3,7,14H2,1H3. The quantitative estimate of drug-likeness (QED) is 0.788. The van der Waals surface area contributed by atoms with Crippen molar-refractivity contribution in [2.24, 2.45) is 5.73 Å². The highest BCUT2D eigenvalue weighted by Gasteiger charge is 2.05. The predicted octanol–water partition coefficient (Wildman–Crippen LogP) is 3.18. The molecule has 0 fully saturated rings. The summed E-state index contributed by atoms with van der Waals surface area (Å²) in [5, 5.41) is 0. The van der Waals surface area contributed by atoms with E-state index in [-0.39, 0.29) is 6.04 Å². The molecule has 84 valence electrons. The third kappa shape index (κ3) is 4.18. The number of benzene rings is 1. The van der Waals surface area contributed by atoms with Crippen LogP contribution in [-0.2, 0) is 0 Å². The molecule has 1 unspecified atom stereocenters. The van der Waals surface area contributed by atoms with Gasteiger partial charge in [-0.15, -0.1) is 11.8 Å². The smallest absolute Gasteiger partial charge is 0.159 e. The lowest BCUT2D eigenvalue weighted by Gasteiger charge is -2.09. The molecule has 0 heterocycles. The second-order valence-corrected chi connectivity index (χ2v) is 4.53. The molecule has 0 aromatic heterocycles. The van der Waals surface area contributed by atoms with Gasteiger partial charge in [0.25, 0.3) is 0 Å². The van der Waals surface area contributed by atoms with E-state index in [2.05, 4.69) is 6.92 Å². The number of rotatable bonds is 5. The highest BCUT2D eigenvalue weighted by molar-refractivity contribution is 7.99. The monoisotopic (exact) mass is 231 g/mol. The molecular formula is C11H15F2NS. The van der Waals surface area contributed by atoms with Gasteiger partial charge in [0.2, 0.25) is 0 Å². The topological polar surface area (TPSA) is 26.0 Å². The number of nitrogens with two attached hydrogens (primary N) is 1. The minimum atomic E-state index is -0.808. The maximum Gasteiger partial charge on any atom is 0.159 e. The van der Waals surface area contributed by atoms with Crippen LogP contribution in [-0.4, -0.2) is 11.8 Å². The molecule has 0 saturated carbocycles. The molecule has 4 heteroatoms. The zero-order valence-electron chi connectivity index (χ0n) is 8.67. The van der Waals surface area contributed by atoms with Gasteiger partial charge in [0.15, 0.2) is 11.6 Å². The Morgan fingerprint density at radius 1 is 1.33 bits per heavy atom. The van der Waals surface area contributed by atoms with E-state index in [0.717, 1.165) is 29.6 Å². The summed E-state index contributed by atoms with van der Waals surface area (Å²) in [7, 11) is 0. The third-order valence-corrected chi connectivity index (χ3v) is 3.20. The molecular weight excluding hydrogens is 216 g/mol. The van der Waals surface area contributed by atoms with Crippen LogP contribution in [0.4, 0.5) is 8.78 Å². The van der Waals surface area contributed by atoms with Gasteiger partial charge in [0.05, 0.1) is 0 Å². The molecule has 0 amide bonds. The van der Waals surface area contributed by atoms with Gasteiger partial charge < -0.3 is 5.73 Å². The summed E-state index contributed by atoms with van der Waals surface area (Å²) in [4.78, 5) is 0.723. The summed E-state index contributed by atoms with van der Waals surface area (Å²) < 4.78 is 25.4. The van der Waals surface area contributed by atoms with Crippen LogP contribution >= 0.6 is 11.8 Å². The van der Waals surface area contributed by atoms with Crippen LogP contribution in [0, 0.1) is 11.6 Å². The average molecular weight is 231 g/mol. The van der Waals surface area contributed by atoms with Gasteiger partial charge in [-0.25, -0.2) is 8.78 Å². The van der Waals surface area contributed by atoms with E-state index < -0.39 is 11.6 Å². The number of hydrogen-bond donors (Lipinski definition) is 1. The maximum atomic E-state index is 12.8. The van der Waals surface area contributed by atoms with Crippen LogP contribution < -0.4 is 5.73 Å². The van der Waals surface area contributed by atoms with Crippen LogP contribution in [0.5, 0.6) is 0 Å². The second kappa shape index (κ2) is 6.08. The molecule has 0 aliphatic rings. The molecule has 0 radical (unpaired) electrons. The molecule has 1 aromatic rings. The fourth-order valence-corrected chi connectivity index (χ4v) is 2.15. The van der Waals surface area contributed by atoms with E-state index in [1.807, 2.05) is 0 Å². The van der Waals surface area contributed by atoms with Crippen molar-refractivity contribution in [1.29, 1.82) is 0 Å². The minimum Gasteiger partial charge on any atom is -0.327 e. The van der Waals surface area contributed by atoms with Crippen molar-refractivity contribution in [3.8, 4) is 0 Å². The molecule has 1 aromatic carbocycles. The van der Waals surface area contributed by atoms with Crippen LogP contribution in [0.3, 0.4) is 0 Å². The van der Waals surface area contributed by atoms with Crippen molar-refractivity contribution >= 4 is 11.8 Å². The van der Waals surface area contributed by atoms with Gasteiger partial charge in [0.1, 0.15) is 0 Å². The molecule has 1 nitrogen and oxygen atoms in total. The number of hydrogen-bond acceptors (Lipinski definition) is 2. The van der Waals surface area contributed by atoms with Gasteiger partial charge >= 0.3 is 0 Å². The van der Waals surface area contributed by atoms with Gasteiger partial charge in [-0.05, 0) is 24.6 Å². The minimum absolute atomic E-state index is 0.119. The Morgan fingerprint density at radius 3 is 2.67 bits per heavy atom. The Balaban J connectivity index is 2.47. The first-order valence-electron chi connectivity index (χ1n) is 4.97. The van der Waals surface area contributed by atoms with E-state index in [9.17, 15) is 8.78 Å². The highest BCUT2D eigenvalue weighted by atomic mass is 32.2.